The van der Waals surface area contributed by atoms with Crippen molar-refractivity contribution in [3.8, 4) is 11.3 Å². The molecule has 1 atom stereocenters. The maximum atomic E-state index is 14.3. The average molecular weight is 599 g/mol. The first-order valence-electron chi connectivity index (χ1n) is 12.3. The molecule has 3 heterocycles. The van der Waals surface area contributed by atoms with Crippen molar-refractivity contribution in [2.45, 2.75) is 18.8 Å². The number of carbonyl (C=O) groups excluding carboxylic acids is 2. The predicted molar refractivity (Wildman–Crippen MR) is 154 cm³/mol. The van der Waals surface area contributed by atoms with Crippen LogP contribution in [-0.2, 0) is 9.59 Å². The van der Waals surface area contributed by atoms with Gasteiger partial charge >= 0.3 is 5.97 Å². The van der Waals surface area contributed by atoms with Gasteiger partial charge in [-0.25, -0.2) is 4.79 Å². The zero-order valence-corrected chi connectivity index (χ0v) is 23.2. The van der Waals surface area contributed by atoms with E-state index in [1.54, 1.807) is 35.4 Å². The fraction of sp³-hybridized carbons (Fsp3) is 0.172. The van der Waals surface area contributed by atoms with E-state index in [0.29, 0.717) is 58.7 Å². The average Bonchev–Trinajstić information content (AvgIpc) is 3.56. The van der Waals surface area contributed by atoms with Crippen LogP contribution in [0, 0.1) is 0 Å². The molecular formula is C29H22Cl3N3O5. The number of aromatic nitrogens is 2. The summed E-state index contributed by atoms with van der Waals surface area (Å²) in [5, 5.41) is 14.7. The van der Waals surface area contributed by atoms with Crippen molar-refractivity contribution in [1.29, 1.82) is 0 Å². The lowest BCUT2D eigenvalue weighted by molar-refractivity contribution is -0.131. The molecule has 5 rings (SSSR count). The van der Waals surface area contributed by atoms with Gasteiger partial charge in [0.15, 0.2) is 5.76 Å². The molecule has 0 bridgehead atoms. The number of nitrogens with zero attached hydrogens (tertiary/aromatic N) is 3. The summed E-state index contributed by atoms with van der Waals surface area (Å²) in [7, 11) is 0. The van der Waals surface area contributed by atoms with Crippen molar-refractivity contribution in [1.82, 2.24) is 14.6 Å². The van der Waals surface area contributed by atoms with Gasteiger partial charge in [-0.3, -0.25) is 14.2 Å². The second-order valence-corrected chi connectivity index (χ2v) is 10.5. The standard InChI is InChI=1S/C29H22Cl3N3O5/c1-2-23(36)34-11-4-6-17(15-34)28-26(27(33-40-28)25-20(31)13-18(30)14-21(25)32)29(39)35-12-10-19-16(8-9-24(37)38)5-3-7-22(19)35/h2-3,5,7-10,12-14,17H,1,4,6,11,15H2,(H,37,38)/b9-8+. The van der Waals surface area contributed by atoms with Crippen molar-refractivity contribution < 1.29 is 24.0 Å². The van der Waals surface area contributed by atoms with Crippen LogP contribution in [0.5, 0.6) is 0 Å². The fourth-order valence-electron chi connectivity index (χ4n) is 5.04. The molecule has 0 saturated carbocycles. The van der Waals surface area contributed by atoms with Crippen LogP contribution in [0.2, 0.25) is 15.1 Å². The first-order chi connectivity index (χ1) is 19.2. The summed E-state index contributed by atoms with van der Waals surface area (Å²) in [6.07, 6.45) is 6.72. The number of halogens is 3. The van der Waals surface area contributed by atoms with E-state index in [2.05, 4.69) is 11.7 Å². The van der Waals surface area contributed by atoms with Crippen LogP contribution < -0.4 is 0 Å². The van der Waals surface area contributed by atoms with Crippen LogP contribution in [0.4, 0.5) is 0 Å². The lowest BCUT2D eigenvalue weighted by atomic mass is 9.91. The first kappa shape index (κ1) is 27.7. The molecule has 0 spiro atoms. The lowest BCUT2D eigenvalue weighted by Crippen LogP contribution is -2.38. The molecule has 1 aliphatic rings. The number of hydrogen-bond donors (Lipinski definition) is 1. The summed E-state index contributed by atoms with van der Waals surface area (Å²) in [5.74, 6) is -1.75. The van der Waals surface area contributed by atoms with Gasteiger partial charge in [0.05, 0.1) is 15.6 Å². The van der Waals surface area contributed by atoms with E-state index in [0.717, 1.165) is 6.08 Å². The summed E-state index contributed by atoms with van der Waals surface area (Å²) in [6.45, 7) is 4.46. The van der Waals surface area contributed by atoms with Crippen LogP contribution in [0.25, 0.3) is 28.2 Å². The van der Waals surface area contributed by atoms with Crippen LogP contribution in [0.3, 0.4) is 0 Å². The number of hydrogen-bond acceptors (Lipinski definition) is 5. The van der Waals surface area contributed by atoms with E-state index >= 15 is 0 Å². The summed E-state index contributed by atoms with van der Waals surface area (Å²) in [6, 6.07) is 9.98. The molecule has 1 saturated heterocycles. The Hall–Kier alpha value is -3.85. The molecule has 40 heavy (non-hydrogen) atoms. The van der Waals surface area contributed by atoms with Crippen molar-refractivity contribution >= 4 is 69.6 Å². The van der Waals surface area contributed by atoms with Gasteiger partial charge in [-0.1, -0.05) is 58.7 Å². The summed E-state index contributed by atoms with van der Waals surface area (Å²) in [5.41, 5.74) is 1.79. The fourth-order valence-corrected chi connectivity index (χ4v) is 6.04. The molecular weight excluding hydrogens is 577 g/mol. The summed E-state index contributed by atoms with van der Waals surface area (Å²) >= 11 is 19.2. The van der Waals surface area contributed by atoms with E-state index in [1.807, 2.05) is 0 Å². The smallest absolute Gasteiger partial charge is 0.328 e. The number of piperidine rings is 1. The molecule has 8 nitrogen and oxygen atoms in total. The van der Waals surface area contributed by atoms with Crippen LogP contribution in [0.1, 0.15) is 40.4 Å². The third-order valence-electron chi connectivity index (χ3n) is 6.85. The van der Waals surface area contributed by atoms with Gasteiger partial charge in [-0.05, 0) is 54.8 Å². The highest BCUT2D eigenvalue weighted by molar-refractivity contribution is 6.42. The van der Waals surface area contributed by atoms with E-state index in [-0.39, 0.29) is 33.1 Å². The van der Waals surface area contributed by atoms with Crippen LogP contribution in [-0.4, -0.2) is 50.6 Å². The highest BCUT2D eigenvalue weighted by Crippen LogP contribution is 2.42. The van der Waals surface area contributed by atoms with Gasteiger partial charge < -0.3 is 14.5 Å². The minimum Gasteiger partial charge on any atom is -0.478 e. The van der Waals surface area contributed by atoms with Gasteiger partial charge in [0.25, 0.3) is 5.91 Å². The Balaban J connectivity index is 1.68. The number of benzene rings is 2. The van der Waals surface area contributed by atoms with Gasteiger partial charge in [0.2, 0.25) is 5.91 Å². The number of carboxylic acid groups (broad SMARTS) is 1. The predicted octanol–water partition coefficient (Wildman–Crippen LogP) is 6.93. The van der Waals surface area contributed by atoms with E-state index < -0.39 is 11.9 Å². The summed E-state index contributed by atoms with van der Waals surface area (Å²) < 4.78 is 7.28. The number of carboxylic acids is 1. The molecule has 2 aromatic heterocycles. The molecule has 11 heteroatoms. The SMILES string of the molecule is C=CC(=O)N1CCCC(c2onc(-c3c(Cl)cc(Cl)cc3Cl)c2C(=O)n2ccc3c(/C=C/C(=O)O)cccc32)C1. The van der Waals surface area contributed by atoms with Gasteiger partial charge in [-0.2, -0.15) is 0 Å². The number of amides is 1. The Kier molecular flexibility index (Phi) is 7.85. The van der Waals surface area contributed by atoms with Gasteiger partial charge in [0, 0.05) is 47.3 Å². The molecule has 1 fully saturated rings. The first-order valence-corrected chi connectivity index (χ1v) is 13.4. The Morgan fingerprint density at radius 1 is 1.12 bits per heavy atom. The Labute approximate surface area is 244 Å². The summed E-state index contributed by atoms with van der Waals surface area (Å²) in [4.78, 5) is 39.4. The molecule has 204 valence electrons. The zero-order chi connectivity index (χ0) is 28.6. The minimum atomic E-state index is -1.08. The number of likely N-dealkylation sites (tertiary alicyclic amines) is 1. The third kappa shape index (κ3) is 5.18. The molecule has 1 amide bonds. The topological polar surface area (TPSA) is 106 Å². The van der Waals surface area contributed by atoms with Crippen LogP contribution in [0.15, 0.2) is 65.8 Å². The number of carbonyl (C=O) groups is 3. The van der Waals surface area contributed by atoms with Crippen LogP contribution >= 0.6 is 34.8 Å². The quantitative estimate of drug-likeness (QED) is 0.241. The van der Waals surface area contributed by atoms with Gasteiger partial charge in [-0.15, -0.1) is 0 Å². The van der Waals surface area contributed by atoms with E-state index in [4.69, 9.17) is 44.4 Å². The second-order valence-electron chi connectivity index (χ2n) is 9.28. The number of fused-ring (bicyclic) bond motifs is 1. The number of aliphatic carboxylic acids is 1. The Bertz CT molecular complexity index is 1680. The molecule has 4 aromatic rings. The normalized spacial score (nSPS) is 15.6. The number of rotatable bonds is 6. The minimum absolute atomic E-state index is 0.155. The monoisotopic (exact) mass is 597 g/mol. The largest absolute Gasteiger partial charge is 0.478 e. The van der Waals surface area contributed by atoms with E-state index in [9.17, 15) is 14.4 Å². The molecule has 1 aliphatic heterocycles. The zero-order valence-electron chi connectivity index (χ0n) is 20.9. The maximum absolute atomic E-state index is 14.3. The highest BCUT2D eigenvalue weighted by Gasteiger charge is 2.35. The molecule has 1 unspecified atom stereocenters. The molecule has 2 aromatic carbocycles. The van der Waals surface area contributed by atoms with Crippen molar-refractivity contribution in [3.63, 3.8) is 0 Å². The Morgan fingerprint density at radius 2 is 1.88 bits per heavy atom. The third-order valence-corrected chi connectivity index (χ3v) is 7.66. The lowest BCUT2D eigenvalue weighted by Gasteiger charge is -2.31. The molecule has 1 N–H and O–H groups in total. The van der Waals surface area contributed by atoms with Crippen molar-refractivity contribution in [2.75, 3.05) is 13.1 Å². The second kappa shape index (κ2) is 11.3. The van der Waals surface area contributed by atoms with Crippen molar-refractivity contribution in [2.24, 2.45) is 0 Å². The highest BCUT2D eigenvalue weighted by atomic mass is 35.5. The van der Waals surface area contributed by atoms with Gasteiger partial charge in [0.1, 0.15) is 11.3 Å². The van der Waals surface area contributed by atoms with E-state index in [1.165, 1.54) is 28.9 Å². The Morgan fingerprint density at radius 3 is 2.58 bits per heavy atom. The van der Waals surface area contributed by atoms with Crippen molar-refractivity contribution in [3.05, 3.63) is 93.3 Å². The maximum Gasteiger partial charge on any atom is 0.328 e. The molecule has 0 radical (unpaired) electrons. The molecule has 0 aliphatic carbocycles.